The summed E-state index contributed by atoms with van der Waals surface area (Å²) in [5.41, 5.74) is 7.84. The lowest BCUT2D eigenvalue weighted by atomic mass is 9.74. The third-order valence-electron chi connectivity index (χ3n) is 3.59. The summed E-state index contributed by atoms with van der Waals surface area (Å²) in [5, 5.41) is 0. The van der Waals surface area contributed by atoms with Crippen LogP contribution in [0.3, 0.4) is 0 Å². The van der Waals surface area contributed by atoms with Gasteiger partial charge in [-0.05, 0) is 30.2 Å². The highest BCUT2D eigenvalue weighted by molar-refractivity contribution is 5.17. The van der Waals surface area contributed by atoms with Crippen molar-refractivity contribution in [3.05, 3.63) is 35.9 Å². The second-order valence-electron chi connectivity index (χ2n) is 4.68. The molecule has 0 saturated heterocycles. The van der Waals surface area contributed by atoms with Crippen molar-refractivity contribution in [1.29, 1.82) is 0 Å². The molecule has 1 aromatic carbocycles. The first kappa shape index (κ1) is 12.3. The van der Waals surface area contributed by atoms with Crippen molar-refractivity contribution in [2.45, 2.75) is 46.1 Å². The molecule has 0 aliphatic carbocycles. The Morgan fingerprint density at radius 2 is 1.80 bits per heavy atom. The first-order valence-corrected chi connectivity index (χ1v) is 5.92. The van der Waals surface area contributed by atoms with Gasteiger partial charge in [0.25, 0.3) is 0 Å². The maximum absolute atomic E-state index is 6.21. The lowest BCUT2D eigenvalue weighted by Gasteiger charge is -2.34. The second-order valence-corrected chi connectivity index (χ2v) is 4.68. The number of nitrogens with two attached hydrogens (primary N) is 1. The molecule has 2 N–H and O–H groups in total. The molecular weight excluding hydrogens is 182 g/mol. The van der Waals surface area contributed by atoms with Crippen LogP contribution in [0.5, 0.6) is 0 Å². The molecule has 2 unspecified atom stereocenters. The highest BCUT2D eigenvalue weighted by Gasteiger charge is 2.28. The fraction of sp³-hybridized carbons (Fsp3) is 0.571. The van der Waals surface area contributed by atoms with E-state index in [0.717, 1.165) is 19.3 Å². The maximum Gasteiger partial charge on any atom is 0.00933 e. The zero-order valence-electron chi connectivity index (χ0n) is 10.2. The summed E-state index contributed by atoms with van der Waals surface area (Å²) in [6.07, 6.45) is 3.27. The van der Waals surface area contributed by atoms with E-state index in [4.69, 9.17) is 5.73 Å². The van der Waals surface area contributed by atoms with Crippen molar-refractivity contribution < 1.29 is 0 Å². The fourth-order valence-electron chi connectivity index (χ4n) is 2.07. The molecule has 1 aromatic rings. The Morgan fingerprint density at radius 3 is 2.27 bits per heavy atom. The summed E-state index contributed by atoms with van der Waals surface area (Å²) in [6, 6.07) is 10.9. The van der Waals surface area contributed by atoms with Crippen LogP contribution in [0.15, 0.2) is 30.3 Å². The minimum atomic E-state index is 0.232. The Kier molecular flexibility index (Phi) is 4.34. The number of benzene rings is 1. The van der Waals surface area contributed by atoms with E-state index in [1.165, 1.54) is 5.56 Å². The van der Waals surface area contributed by atoms with Crippen molar-refractivity contribution in [1.82, 2.24) is 0 Å². The van der Waals surface area contributed by atoms with Gasteiger partial charge in [0.05, 0.1) is 0 Å². The van der Waals surface area contributed by atoms with E-state index in [9.17, 15) is 0 Å². The SMILES string of the molecule is CCC(N)C(C)(CC)Cc1ccccc1. The van der Waals surface area contributed by atoms with Gasteiger partial charge in [0.1, 0.15) is 0 Å². The van der Waals surface area contributed by atoms with Gasteiger partial charge in [0.2, 0.25) is 0 Å². The monoisotopic (exact) mass is 205 g/mol. The van der Waals surface area contributed by atoms with Gasteiger partial charge in [-0.15, -0.1) is 0 Å². The predicted molar refractivity (Wildman–Crippen MR) is 66.8 cm³/mol. The quantitative estimate of drug-likeness (QED) is 0.783. The molecule has 0 bridgehead atoms. The fourth-order valence-corrected chi connectivity index (χ4v) is 2.07. The summed E-state index contributed by atoms with van der Waals surface area (Å²) in [4.78, 5) is 0. The van der Waals surface area contributed by atoms with Crippen molar-refractivity contribution in [3.8, 4) is 0 Å². The molecule has 1 heteroatoms. The summed E-state index contributed by atoms with van der Waals surface area (Å²) < 4.78 is 0. The van der Waals surface area contributed by atoms with E-state index < -0.39 is 0 Å². The zero-order valence-corrected chi connectivity index (χ0v) is 10.2. The summed E-state index contributed by atoms with van der Waals surface area (Å²) in [5.74, 6) is 0. The molecule has 84 valence electrons. The largest absolute Gasteiger partial charge is 0.327 e. The van der Waals surface area contributed by atoms with Gasteiger partial charge < -0.3 is 5.73 Å². The minimum absolute atomic E-state index is 0.232. The number of hydrogen-bond acceptors (Lipinski definition) is 1. The van der Waals surface area contributed by atoms with Crippen LogP contribution in [0.1, 0.15) is 39.2 Å². The molecule has 0 spiro atoms. The van der Waals surface area contributed by atoms with Gasteiger partial charge >= 0.3 is 0 Å². The average Bonchev–Trinajstić information content (AvgIpc) is 2.29. The van der Waals surface area contributed by atoms with E-state index in [1.807, 2.05) is 0 Å². The van der Waals surface area contributed by atoms with Gasteiger partial charge in [-0.2, -0.15) is 0 Å². The minimum Gasteiger partial charge on any atom is -0.327 e. The molecule has 1 rings (SSSR count). The maximum atomic E-state index is 6.21. The summed E-state index contributed by atoms with van der Waals surface area (Å²) >= 11 is 0. The third kappa shape index (κ3) is 3.07. The molecule has 0 radical (unpaired) electrons. The number of rotatable bonds is 5. The normalized spacial score (nSPS) is 17.1. The Balaban J connectivity index is 2.77. The molecule has 0 heterocycles. The van der Waals surface area contributed by atoms with Crippen LogP contribution in [0, 0.1) is 5.41 Å². The topological polar surface area (TPSA) is 26.0 Å². The van der Waals surface area contributed by atoms with E-state index in [2.05, 4.69) is 51.1 Å². The predicted octanol–water partition coefficient (Wildman–Crippen LogP) is 3.38. The molecular formula is C14H23N. The van der Waals surface area contributed by atoms with Crippen LogP contribution in [0.2, 0.25) is 0 Å². The third-order valence-corrected chi connectivity index (χ3v) is 3.59. The van der Waals surface area contributed by atoms with Crippen molar-refractivity contribution in [2.24, 2.45) is 11.1 Å². The van der Waals surface area contributed by atoms with Crippen LogP contribution in [-0.2, 0) is 6.42 Å². The smallest absolute Gasteiger partial charge is 0.00933 e. The van der Waals surface area contributed by atoms with Crippen LogP contribution in [0.25, 0.3) is 0 Å². The first-order chi connectivity index (χ1) is 7.12. The zero-order chi connectivity index (χ0) is 11.3. The standard InChI is InChI=1S/C14H23N/c1-4-13(15)14(3,5-2)11-12-9-7-6-8-10-12/h6-10,13H,4-5,11,15H2,1-3H3. The van der Waals surface area contributed by atoms with E-state index >= 15 is 0 Å². The molecule has 15 heavy (non-hydrogen) atoms. The van der Waals surface area contributed by atoms with Gasteiger partial charge in [-0.1, -0.05) is 51.1 Å². The molecule has 0 fully saturated rings. The van der Waals surface area contributed by atoms with Crippen molar-refractivity contribution in [2.75, 3.05) is 0 Å². The van der Waals surface area contributed by atoms with E-state index in [-0.39, 0.29) is 5.41 Å². The van der Waals surface area contributed by atoms with Gasteiger partial charge in [-0.3, -0.25) is 0 Å². The Morgan fingerprint density at radius 1 is 1.20 bits per heavy atom. The molecule has 0 aliphatic rings. The van der Waals surface area contributed by atoms with Crippen LogP contribution in [0.4, 0.5) is 0 Å². The van der Waals surface area contributed by atoms with Gasteiger partial charge in [-0.25, -0.2) is 0 Å². The van der Waals surface area contributed by atoms with E-state index in [1.54, 1.807) is 0 Å². The van der Waals surface area contributed by atoms with Crippen LogP contribution in [-0.4, -0.2) is 6.04 Å². The number of hydrogen-bond donors (Lipinski definition) is 1. The Bertz CT molecular complexity index is 281. The van der Waals surface area contributed by atoms with Gasteiger partial charge in [0, 0.05) is 6.04 Å². The Labute approximate surface area is 93.7 Å². The lowest BCUT2D eigenvalue weighted by molar-refractivity contribution is 0.235. The summed E-state index contributed by atoms with van der Waals surface area (Å²) in [7, 11) is 0. The van der Waals surface area contributed by atoms with Crippen molar-refractivity contribution in [3.63, 3.8) is 0 Å². The molecule has 0 aliphatic heterocycles. The average molecular weight is 205 g/mol. The van der Waals surface area contributed by atoms with Crippen LogP contribution < -0.4 is 5.73 Å². The second kappa shape index (κ2) is 5.32. The molecule has 0 amide bonds. The lowest BCUT2D eigenvalue weighted by Crippen LogP contribution is -2.40. The first-order valence-electron chi connectivity index (χ1n) is 5.92. The van der Waals surface area contributed by atoms with Crippen molar-refractivity contribution >= 4 is 0 Å². The molecule has 2 atom stereocenters. The molecule has 1 nitrogen and oxygen atoms in total. The van der Waals surface area contributed by atoms with Crippen LogP contribution >= 0.6 is 0 Å². The highest BCUT2D eigenvalue weighted by Crippen LogP contribution is 2.30. The Hall–Kier alpha value is -0.820. The summed E-state index contributed by atoms with van der Waals surface area (Å²) in [6.45, 7) is 6.70. The highest BCUT2D eigenvalue weighted by atomic mass is 14.7. The molecule has 0 aromatic heterocycles. The molecule has 0 saturated carbocycles. The van der Waals surface area contributed by atoms with Gasteiger partial charge in [0.15, 0.2) is 0 Å². The van der Waals surface area contributed by atoms with E-state index in [0.29, 0.717) is 6.04 Å².